The number of aliphatic hydroxyl groups is 1. The lowest BCUT2D eigenvalue weighted by molar-refractivity contribution is -0.130. The number of rotatable bonds is 2. The fraction of sp³-hybridized carbons (Fsp3) is 0.625. The molecule has 1 aliphatic heterocycles. The van der Waals surface area contributed by atoms with E-state index in [1.807, 2.05) is 13.8 Å². The molecule has 0 bridgehead atoms. The smallest absolute Gasteiger partial charge is 0.0737 e. The lowest BCUT2D eigenvalue weighted by Gasteiger charge is -2.39. The van der Waals surface area contributed by atoms with Crippen molar-refractivity contribution in [2.75, 3.05) is 0 Å². The van der Waals surface area contributed by atoms with Crippen LogP contribution < -0.4 is 0 Å². The Balaban J connectivity index is 2.18. The first kappa shape index (κ1) is 13.6. The zero-order valence-corrected chi connectivity index (χ0v) is 11.9. The van der Waals surface area contributed by atoms with Gasteiger partial charge in [-0.25, -0.2) is 0 Å². The first-order chi connectivity index (χ1) is 8.38. The molecule has 2 unspecified atom stereocenters. The van der Waals surface area contributed by atoms with Gasteiger partial charge in [-0.1, -0.05) is 23.8 Å². The summed E-state index contributed by atoms with van der Waals surface area (Å²) >= 11 is 0. The average Bonchev–Trinajstić information content (AvgIpc) is 2.21. The third-order valence-electron chi connectivity index (χ3n) is 3.82. The van der Waals surface area contributed by atoms with Gasteiger partial charge in [0.1, 0.15) is 0 Å². The van der Waals surface area contributed by atoms with Crippen molar-refractivity contribution in [1.82, 2.24) is 0 Å². The van der Waals surface area contributed by atoms with E-state index in [1.54, 1.807) is 0 Å². The summed E-state index contributed by atoms with van der Waals surface area (Å²) in [5, 5.41) is 10.8. The molecule has 0 saturated carbocycles. The van der Waals surface area contributed by atoms with Crippen LogP contribution >= 0.6 is 0 Å². The fourth-order valence-electron chi connectivity index (χ4n) is 3.14. The van der Waals surface area contributed by atoms with E-state index in [-0.39, 0.29) is 12.2 Å². The van der Waals surface area contributed by atoms with E-state index in [2.05, 4.69) is 32.0 Å². The molecule has 1 aromatic carbocycles. The molecule has 1 saturated heterocycles. The largest absolute Gasteiger partial charge is 0.389 e. The van der Waals surface area contributed by atoms with E-state index in [0.717, 1.165) is 19.3 Å². The summed E-state index contributed by atoms with van der Waals surface area (Å²) in [6.45, 7) is 8.31. The van der Waals surface area contributed by atoms with E-state index >= 15 is 0 Å². The topological polar surface area (TPSA) is 29.5 Å². The van der Waals surface area contributed by atoms with Gasteiger partial charge in [-0.3, -0.25) is 0 Å². The van der Waals surface area contributed by atoms with Crippen LogP contribution in [-0.4, -0.2) is 22.9 Å². The fourth-order valence-corrected chi connectivity index (χ4v) is 3.14. The molecular weight excluding hydrogens is 224 g/mol. The molecule has 2 atom stereocenters. The van der Waals surface area contributed by atoms with Crippen LogP contribution in [-0.2, 0) is 11.2 Å². The van der Waals surface area contributed by atoms with Crippen molar-refractivity contribution in [3.63, 3.8) is 0 Å². The Labute approximate surface area is 110 Å². The normalized spacial score (nSPS) is 32.5. The summed E-state index contributed by atoms with van der Waals surface area (Å²) in [6, 6.07) is 6.45. The summed E-state index contributed by atoms with van der Waals surface area (Å²) in [4.78, 5) is 0. The zero-order chi connectivity index (χ0) is 13.3. The highest BCUT2D eigenvalue weighted by Gasteiger charge is 2.37. The van der Waals surface area contributed by atoms with Gasteiger partial charge in [0.15, 0.2) is 0 Å². The number of hydrogen-bond acceptors (Lipinski definition) is 2. The van der Waals surface area contributed by atoms with Crippen LogP contribution in [0.1, 0.15) is 43.4 Å². The molecule has 0 radical (unpaired) electrons. The minimum atomic E-state index is -0.615. The molecule has 1 aromatic rings. The van der Waals surface area contributed by atoms with Crippen molar-refractivity contribution < 1.29 is 9.84 Å². The van der Waals surface area contributed by atoms with Gasteiger partial charge < -0.3 is 9.84 Å². The Morgan fingerprint density at radius 1 is 1.22 bits per heavy atom. The van der Waals surface area contributed by atoms with Crippen molar-refractivity contribution in [2.45, 2.75) is 64.8 Å². The van der Waals surface area contributed by atoms with Crippen LogP contribution in [0.15, 0.2) is 18.2 Å². The monoisotopic (exact) mass is 248 g/mol. The number of ether oxygens (including phenoxy) is 1. The summed E-state index contributed by atoms with van der Waals surface area (Å²) in [5.74, 6) is 0. The Bertz CT molecular complexity index is 415. The Morgan fingerprint density at radius 2 is 1.83 bits per heavy atom. The lowest BCUT2D eigenvalue weighted by atomic mass is 9.81. The second kappa shape index (κ2) is 5.02. The van der Waals surface area contributed by atoms with E-state index in [1.165, 1.54) is 16.7 Å². The van der Waals surface area contributed by atoms with Crippen molar-refractivity contribution in [3.8, 4) is 0 Å². The first-order valence-corrected chi connectivity index (χ1v) is 6.82. The lowest BCUT2D eigenvalue weighted by Crippen LogP contribution is -2.45. The van der Waals surface area contributed by atoms with Crippen LogP contribution in [0.3, 0.4) is 0 Å². The molecule has 2 heteroatoms. The molecule has 1 N–H and O–H groups in total. The van der Waals surface area contributed by atoms with Crippen LogP contribution in [0.25, 0.3) is 0 Å². The molecule has 2 nitrogen and oxygen atoms in total. The van der Waals surface area contributed by atoms with Gasteiger partial charge in [0.05, 0.1) is 17.8 Å². The molecule has 1 aliphatic rings. The molecule has 0 aromatic heterocycles. The summed E-state index contributed by atoms with van der Waals surface area (Å²) < 4.78 is 5.71. The number of aryl methyl sites for hydroxylation is 2. The standard InChI is InChI=1S/C16H24O2/c1-11-5-6-12(2)15(7-11)10-16(17)8-13(3)18-14(4)9-16/h5-7,13-14,17H,8-10H2,1-4H3. The van der Waals surface area contributed by atoms with Gasteiger partial charge in [0, 0.05) is 19.3 Å². The minimum absolute atomic E-state index is 0.142. The molecule has 0 amide bonds. The molecule has 0 spiro atoms. The maximum Gasteiger partial charge on any atom is 0.0737 e. The average molecular weight is 248 g/mol. The minimum Gasteiger partial charge on any atom is -0.389 e. The summed E-state index contributed by atoms with van der Waals surface area (Å²) in [7, 11) is 0. The van der Waals surface area contributed by atoms with Crippen LogP contribution in [0.4, 0.5) is 0 Å². The maximum atomic E-state index is 10.8. The molecule has 0 aliphatic carbocycles. The highest BCUT2D eigenvalue weighted by atomic mass is 16.5. The SMILES string of the molecule is Cc1ccc(C)c(CC2(O)CC(C)OC(C)C2)c1. The number of hydrogen-bond donors (Lipinski definition) is 1. The summed E-state index contributed by atoms with van der Waals surface area (Å²) in [6.07, 6.45) is 2.47. The predicted molar refractivity (Wildman–Crippen MR) is 73.8 cm³/mol. The quantitative estimate of drug-likeness (QED) is 0.871. The predicted octanol–water partition coefficient (Wildman–Crippen LogP) is 3.16. The third kappa shape index (κ3) is 3.12. The Hall–Kier alpha value is -0.860. The second-order valence-electron chi connectivity index (χ2n) is 6.00. The Morgan fingerprint density at radius 3 is 2.44 bits per heavy atom. The van der Waals surface area contributed by atoms with Gasteiger partial charge in [-0.2, -0.15) is 0 Å². The molecule has 100 valence electrons. The molecule has 1 heterocycles. The van der Waals surface area contributed by atoms with Crippen molar-refractivity contribution >= 4 is 0 Å². The zero-order valence-electron chi connectivity index (χ0n) is 11.9. The van der Waals surface area contributed by atoms with Crippen molar-refractivity contribution in [1.29, 1.82) is 0 Å². The van der Waals surface area contributed by atoms with Gasteiger partial charge in [0.2, 0.25) is 0 Å². The van der Waals surface area contributed by atoms with E-state index in [4.69, 9.17) is 4.74 Å². The van der Waals surface area contributed by atoms with E-state index in [9.17, 15) is 5.11 Å². The molecule has 1 fully saturated rings. The van der Waals surface area contributed by atoms with Crippen molar-refractivity contribution in [3.05, 3.63) is 34.9 Å². The Kier molecular flexibility index (Phi) is 3.79. The first-order valence-electron chi connectivity index (χ1n) is 6.82. The van der Waals surface area contributed by atoms with Gasteiger partial charge >= 0.3 is 0 Å². The van der Waals surface area contributed by atoms with E-state index in [0.29, 0.717) is 0 Å². The maximum absolute atomic E-state index is 10.8. The second-order valence-corrected chi connectivity index (χ2v) is 6.00. The highest BCUT2D eigenvalue weighted by molar-refractivity contribution is 5.31. The van der Waals surface area contributed by atoms with Crippen LogP contribution in [0, 0.1) is 13.8 Å². The summed E-state index contributed by atoms with van der Waals surface area (Å²) in [5.41, 5.74) is 3.17. The molecular formula is C16H24O2. The van der Waals surface area contributed by atoms with Gasteiger partial charge in [-0.05, 0) is 38.8 Å². The molecule has 18 heavy (non-hydrogen) atoms. The molecule has 2 rings (SSSR count). The van der Waals surface area contributed by atoms with Gasteiger partial charge in [-0.15, -0.1) is 0 Å². The van der Waals surface area contributed by atoms with E-state index < -0.39 is 5.60 Å². The van der Waals surface area contributed by atoms with Crippen LogP contribution in [0.2, 0.25) is 0 Å². The van der Waals surface area contributed by atoms with Crippen LogP contribution in [0.5, 0.6) is 0 Å². The van der Waals surface area contributed by atoms with Crippen molar-refractivity contribution in [2.24, 2.45) is 0 Å². The third-order valence-corrected chi connectivity index (χ3v) is 3.82. The van der Waals surface area contributed by atoms with Gasteiger partial charge in [0.25, 0.3) is 0 Å². The number of benzene rings is 1. The highest BCUT2D eigenvalue weighted by Crippen LogP contribution is 2.32.